The van der Waals surface area contributed by atoms with Crippen LogP contribution in [0.4, 0.5) is 16.2 Å². The number of carbonyl (C=O) groups is 1. The Morgan fingerprint density at radius 1 is 1.00 bits per heavy atom. The molecule has 1 unspecified atom stereocenters. The van der Waals surface area contributed by atoms with Gasteiger partial charge in [0, 0.05) is 17.4 Å². The van der Waals surface area contributed by atoms with E-state index in [1.165, 1.54) is 11.1 Å². The SMILES string of the molecule is Cc1cc(C)cc(NC(C)c2ccc(NC(N)=O)cc2)c1. The summed E-state index contributed by atoms with van der Waals surface area (Å²) in [7, 11) is 0. The Hall–Kier alpha value is -2.49. The molecule has 0 aliphatic carbocycles. The van der Waals surface area contributed by atoms with Crippen molar-refractivity contribution in [1.82, 2.24) is 0 Å². The highest BCUT2D eigenvalue weighted by atomic mass is 16.2. The fourth-order valence-corrected chi connectivity index (χ4v) is 2.39. The van der Waals surface area contributed by atoms with Gasteiger partial charge >= 0.3 is 6.03 Å². The fourth-order valence-electron chi connectivity index (χ4n) is 2.39. The minimum absolute atomic E-state index is 0.175. The number of nitrogens with two attached hydrogens (primary N) is 1. The van der Waals surface area contributed by atoms with Crippen LogP contribution in [0.1, 0.15) is 29.7 Å². The third-order valence-electron chi connectivity index (χ3n) is 3.28. The highest BCUT2D eigenvalue weighted by Gasteiger charge is 2.06. The molecule has 0 bridgehead atoms. The van der Waals surface area contributed by atoms with Gasteiger partial charge in [0.15, 0.2) is 0 Å². The number of nitrogens with one attached hydrogen (secondary N) is 2. The van der Waals surface area contributed by atoms with Gasteiger partial charge < -0.3 is 16.4 Å². The van der Waals surface area contributed by atoms with Gasteiger partial charge in [0.1, 0.15) is 0 Å². The molecule has 0 saturated heterocycles. The molecule has 2 amide bonds. The van der Waals surface area contributed by atoms with Crippen molar-refractivity contribution in [3.05, 3.63) is 59.2 Å². The lowest BCUT2D eigenvalue weighted by molar-refractivity contribution is 0.259. The van der Waals surface area contributed by atoms with Crippen LogP contribution in [0.15, 0.2) is 42.5 Å². The van der Waals surface area contributed by atoms with Gasteiger partial charge in [0.2, 0.25) is 0 Å². The van der Waals surface area contributed by atoms with Crippen LogP contribution in [0.2, 0.25) is 0 Å². The molecule has 4 nitrogen and oxygen atoms in total. The average molecular weight is 283 g/mol. The van der Waals surface area contributed by atoms with Gasteiger partial charge in [0.25, 0.3) is 0 Å². The molecule has 0 aromatic heterocycles. The predicted octanol–water partition coefficient (Wildman–Crippen LogP) is 3.97. The molecule has 0 heterocycles. The highest BCUT2D eigenvalue weighted by Crippen LogP contribution is 2.22. The summed E-state index contributed by atoms with van der Waals surface area (Å²) in [4.78, 5) is 10.8. The lowest BCUT2D eigenvalue weighted by Crippen LogP contribution is -2.19. The summed E-state index contributed by atoms with van der Waals surface area (Å²) in [6.45, 7) is 6.29. The van der Waals surface area contributed by atoms with E-state index in [9.17, 15) is 4.79 Å². The summed E-state index contributed by atoms with van der Waals surface area (Å²) in [5, 5.41) is 6.04. The van der Waals surface area contributed by atoms with E-state index in [0.717, 1.165) is 11.3 Å². The molecule has 0 saturated carbocycles. The molecule has 21 heavy (non-hydrogen) atoms. The predicted molar refractivity (Wildman–Crippen MR) is 87.6 cm³/mol. The first-order valence-corrected chi connectivity index (χ1v) is 6.95. The maximum absolute atomic E-state index is 10.8. The topological polar surface area (TPSA) is 67.2 Å². The molecule has 110 valence electrons. The van der Waals surface area contributed by atoms with Crippen molar-refractivity contribution in [2.75, 3.05) is 10.6 Å². The van der Waals surface area contributed by atoms with Crippen LogP contribution in [0.25, 0.3) is 0 Å². The second-order valence-corrected chi connectivity index (χ2v) is 5.35. The van der Waals surface area contributed by atoms with Gasteiger partial charge in [-0.2, -0.15) is 0 Å². The summed E-state index contributed by atoms with van der Waals surface area (Å²) in [5.41, 5.74) is 10.5. The van der Waals surface area contributed by atoms with Gasteiger partial charge in [-0.3, -0.25) is 0 Å². The molecule has 0 aliphatic heterocycles. The Morgan fingerprint density at radius 3 is 2.10 bits per heavy atom. The normalized spacial score (nSPS) is 11.8. The molecule has 1 atom stereocenters. The van der Waals surface area contributed by atoms with E-state index >= 15 is 0 Å². The zero-order chi connectivity index (χ0) is 15.4. The number of rotatable bonds is 4. The molecule has 0 aliphatic rings. The van der Waals surface area contributed by atoms with Crippen molar-refractivity contribution >= 4 is 17.4 Å². The number of hydrogen-bond acceptors (Lipinski definition) is 2. The average Bonchev–Trinajstić information content (AvgIpc) is 2.37. The van der Waals surface area contributed by atoms with E-state index < -0.39 is 6.03 Å². The second kappa shape index (κ2) is 6.31. The summed E-state index contributed by atoms with van der Waals surface area (Å²) < 4.78 is 0. The van der Waals surface area contributed by atoms with Crippen LogP contribution in [-0.2, 0) is 0 Å². The zero-order valence-electron chi connectivity index (χ0n) is 12.6. The second-order valence-electron chi connectivity index (χ2n) is 5.35. The Bertz CT molecular complexity index is 615. The number of carbonyl (C=O) groups excluding carboxylic acids is 1. The monoisotopic (exact) mass is 283 g/mol. The summed E-state index contributed by atoms with van der Waals surface area (Å²) in [5.74, 6) is 0. The Kier molecular flexibility index (Phi) is 4.48. The van der Waals surface area contributed by atoms with Crippen molar-refractivity contribution in [3.8, 4) is 0 Å². The Balaban J connectivity index is 2.09. The molecule has 4 N–H and O–H groups in total. The number of aryl methyl sites for hydroxylation is 2. The number of amides is 2. The van der Waals surface area contributed by atoms with Crippen molar-refractivity contribution in [2.24, 2.45) is 5.73 Å². The van der Waals surface area contributed by atoms with Crippen LogP contribution >= 0.6 is 0 Å². The molecule has 4 heteroatoms. The molecule has 2 aromatic rings. The van der Waals surface area contributed by atoms with E-state index in [1.54, 1.807) is 0 Å². The molecule has 0 spiro atoms. The van der Waals surface area contributed by atoms with Gasteiger partial charge in [-0.15, -0.1) is 0 Å². The van der Waals surface area contributed by atoms with Crippen LogP contribution in [0.5, 0.6) is 0 Å². The van der Waals surface area contributed by atoms with Crippen LogP contribution in [-0.4, -0.2) is 6.03 Å². The first kappa shape index (κ1) is 14.9. The highest BCUT2D eigenvalue weighted by molar-refractivity contribution is 5.87. The minimum Gasteiger partial charge on any atom is -0.379 e. The van der Waals surface area contributed by atoms with E-state index in [4.69, 9.17) is 5.73 Å². The largest absolute Gasteiger partial charge is 0.379 e. The zero-order valence-corrected chi connectivity index (χ0v) is 12.6. The summed E-state index contributed by atoms with van der Waals surface area (Å²) in [6, 6.07) is 13.7. The van der Waals surface area contributed by atoms with Crippen LogP contribution in [0, 0.1) is 13.8 Å². The quantitative estimate of drug-likeness (QED) is 0.794. The van der Waals surface area contributed by atoms with Gasteiger partial charge in [-0.25, -0.2) is 4.79 Å². The molecule has 2 aromatic carbocycles. The number of primary amides is 1. The Labute approximate surface area is 125 Å². The van der Waals surface area contributed by atoms with Crippen LogP contribution in [0.3, 0.4) is 0 Å². The maximum Gasteiger partial charge on any atom is 0.316 e. The van der Waals surface area contributed by atoms with Gasteiger partial charge in [-0.1, -0.05) is 18.2 Å². The lowest BCUT2D eigenvalue weighted by atomic mass is 10.1. The lowest BCUT2D eigenvalue weighted by Gasteiger charge is -2.17. The van der Waals surface area contributed by atoms with E-state index in [-0.39, 0.29) is 6.04 Å². The third-order valence-corrected chi connectivity index (χ3v) is 3.28. The Morgan fingerprint density at radius 2 is 1.57 bits per heavy atom. The standard InChI is InChI=1S/C17H21N3O/c1-11-8-12(2)10-16(9-11)19-13(3)14-4-6-15(7-5-14)20-17(18)21/h4-10,13,19H,1-3H3,(H3,18,20,21). The van der Waals surface area contributed by atoms with E-state index in [0.29, 0.717) is 5.69 Å². The third kappa shape index (κ3) is 4.24. The fraction of sp³-hybridized carbons (Fsp3) is 0.235. The number of urea groups is 1. The minimum atomic E-state index is -0.552. The van der Waals surface area contributed by atoms with Crippen molar-refractivity contribution < 1.29 is 4.79 Å². The maximum atomic E-state index is 10.8. The van der Waals surface area contributed by atoms with Gasteiger partial charge in [0.05, 0.1) is 0 Å². The number of anilines is 2. The van der Waals surface area contributed by atoms with E-state index in [1.807, 2.05) is 24.3 Å². The molecule has 0 fully saturated rings. The number of benzene rings is 2. The van der Waals surface area contributed by atoms with Crippen LogP contribution < -0.4 is 16.4 Å². The first-order valence-electron chi connectivity index (χ1n) is 6.95. The summed E-state index contributed by atoms with van der Waals surface area (Å²) in [6.07, 6.45) is 0. The van der Waals surface area contributed by atoms with Crippen molar-refractivity contribution in [3.63, 3.8) is 0 Å². The first-order chi connectivity index (χ1) is 9.94. The number of hydrogen-bond donors (Lipinski definition) is 3. The molecular weight excluding hydrogens is 262 g/mol. The smallest absolute Gasteiger partial charge is 0.316 e. The molecular formula is C17H21N3O. The van der Waals surface area contributed by atoms with E-state index in [2.05, 4.69) is 49.6 Å². The van der Waals surface area contributed by atoms with Gasteiger partial charge in [-0.05, 0) is 61.7 Å². The molecule has 0 radical (unpaired) electrons. The molecule has 2 rings (SSSR count). The van der Waals surface area contributed by atoms with Crippen molar-refractivity contribution in [1.29, 1.82) is 0 Å². The van der Waals surface area contributed by atoms with Crippen molar-refractivity contribution in [2.45, 2.75) is 26.8 Å². The summed E-state index contributed by atoms with van der Waals surface area (Å²) >= 11 is 0.